The average molecular weight is 1090 g/mol. The van der Waals surface area contributed by atoms with Crippen molar-refractivity contribution in [2.75, 3.05) is 17.3 Å². The number of terminal acetylenes is 1. The van der Waals surface area contributed by atoms with Crippen molar-refractivity contribution in [1.82, 2.24) is 42.5 Å². The lowest BCUT2D eigenvalue weighted by Gasteiger charge is -2.28. The summed E-state index contributed by atoms with van der Waals surface area (Å²) in [5.41, 5.74) is -0.525. The second kappa shape index (κ2) is 26.9. The van der Waals surface area contributed by atoms with Crippen molar-refractivity contribution in [1.29, 1.82) is 0 Å². The second-order valence-electron chi connectivity index (χ2n) is 19.4. The molecule has 1 aliphatic carbocycles. The molecule has 20 nitrogen and oxygen atoms in total. The SMILES string of the molecule is C#C[C@H]1NC(=O)C[C@H](/C=C/CCSSCC/C=C/[C@H]2CC(=O)N[C@H](C(C)C)C(=O)N[C@]34C[C@@H]3SC(C)C(NC4=O)C(=O)N[C@@H](C=C(C)C)C(=O)O2)OC(=O)[C@H](C(C)C)NC(=O)C2NC(=O)[C@@H](CSC2C)NC1=O. The summed E-state index contributed by atoms with van der Waals surface area (Å²) in [5.74, 6) is -3.69. The smallest absolute Gasteiger partial charge is 0.333 e. The summed E-state index contributed by atoms with van der Waals surface area (Å²) in [6.45, 7) is 14.0. The van der Waals surface area contributed by atoms with Gasteiger partial charge in [0.25, 0.3) is 5.91 Å². The molecule has 8 amide bonds. The second-order valence-corrected chi connectivity index (χ2v) is 25.1. The summed E-state index contributed by atoms with van der Waals surface area (Å²) in [5, 5.41) is 20.5. The van der Waals surface area contributed by atoms with Crippen molar-refractivity contribution in [2.24, 2.45) is 11.8 Å². The Morgan fingerprint density at radius 1 is 0.699 bits per heavy atom. The molecule has 13 atom stereocenters. The third-order valence-electron chi connectivity index (χ3n) is 12.4. The first-order valence-electron chi connectivity index (χ1n) is 24.3. The number of carbonyl (C=O) groups excluding carboxylic acids is 10. The molecule has 4 saturated heterocycles. The minimum absolute atomic E-state index is 0.140. The highest BCUT2D eigenvalue weighted by molar-refractivity contribution is 8.76. The molecular formula is C49H68N8O12S4. The van der Waals surface area contributed by atoms with Crippen LogP contribution in [0.4, 0.5) is 0 Å². The van der Waals surface area contributed by atoms with Crippen LogP contribution in [0, 0.1) is 24.2 Å². The van der Waals surface area contributed by atoms with Crippen molar-refractivity contribution >= 4 is 104 Å². The maximum atomic E-state index is 13.8. The van der Waals surface area contributed by atoms with Crippen LogP contribution in [0.1, 0.15) is 87.5 Å². The van der Waals surface area contributed by atoms with E-state index in [0.717, 1.165) is 0 Å². The Morgan fingerprint density at radius 3 is 1.86 bits per heavy atom. The van der Waals surface area contributed by atoms with Gasteiger partial charge in [0.15, 0.2) is 6.04 Å². The van der Waals surface area contributed by atoms with Gasteiger partial charge in [-0.25, -0.2) is 9.59 Å². The fraction of sp³-hybridized carbons (Fsp3) is 0.633. The van der Waals surface area contributed by atoms with E-state index >= 15 is 0 Å². The zero-order chi connectivity index (χ0) is 53.7. The number of rotatable bonds is 12. The number of cyclic esters (lactones) is 2. The van der Waals surface area contributed by atoms with E-state index in [1.807, 2.05) is 0 Å². The fourth-order valence-corrected chi connectivity index (χ4v) is 12.9. The predicted molar refractivity (Wildman–Crippen MR) is 281 cm³/mol. The van der Waals surface area contributed by atoms with E-state index in [4.69, 9.17) is 15.9 Å². The van der Waals surface area contributed by atoms with E-state index in [2.05, 4.69) is 48.5 Å². The molecule has 5 aliphatic rings. The lowest BCUT2D eigenvalue weighted by molar-refractivity contribution is -0.153. The minimum atomic E-state index is -1.43. The third kappa shape index (κ3) is 16.4. The molecule has 4 unspecified atom stereocenters. The molecule has 24 heteroatoms. The van der Waals surface area contributed by atoms with Crippen LogP contribution in [0.2, 0.25) is 0 Å². The number of esters is 2. The van der Waals surface area contributed by atoms with Gasteiger partial charge in [0, 0.05) is 33.0 Å². The molecule has 0 radical (unpaired) electrons. The van der Waals surface area contributed by atoms with Crippen LogP contribution in [0.25, 0.3) is 0 Å². The molecule has 0 aromatic rings. The highest BCUT2D eigenvalue weighted by Crippen LogP contribution is 2.50. The van der Waals surface area contributed by atoms with Gasteiger partial charge in [0.1, 0.15) is 54.0 Å². The van der Waals surface area contributed by atoms with E-state index in [9.17, 15) is 47.9 Å². The molecule has 400 valence electrons. The average Bonchev–Trinajstić information content (AvgIpc) is 4.05. The van der Waals surface area contributed by atoms with Crippen LogP contribution in [-0.2, 0) is 57.4 Å². The molecular weight excluding hydrogens is 1020 g/mol. The number of hydrogen-bond acceptors (Lipinski definition) is 16. The standard InChI is InChI=1S/C49H68N8O12S4/c1-10-31-41(60)52-33-23-70-27(8)39(55-42(33)61)44(63)54-38(26(6)7)47(66)69-30(20-35(58)50-31)16-12-14-18-72-71-17-13-11-15-29-21-36(59)53-37(25(4)5)45(64)57-49-22-34(49)73-28(9)40(56-48(49)67)43(62)51-32(19-24(2)3)46(65)68-29/h1,11-12,15-16,19,25-34,37-40H,13-14,17-18,20-23H2,2-9H3,(H,50,58)(H,51,62)(H,52,60)(H,53,59)(H,54,63)(H,55,61)(H,56,67)(H,57,64)/b15-11+,16-12+/t27?,28?,29-,30-,31+,32-,33+,34-,37+,38-,39?,40?,49+/m0/s1. The number of amides is 8. The fourth-order valence-electron chi connectivity index (χ4n) is 8.17. The van der Waals surface area contributed by atoms with Crippen LogP contribution >= 0.6 is 45.1 Å². The van der Waals surface area contributed by atoms with Gasteiger partial charge in [-0.15, -0.1) is 18.2 Å². The van der Waals surface area contributed by atoms with E-state index in [1.165, 1.54) is 23.5 Å². The minimum Gasteiger partial charge on any atom is -0.456 e. The summed E-state index contributed by atoms with van der Waals surface area (Å²) in [7, 11) is 3.10. The molecule has 4 heterocycles. The predicted octanol–water partition coefficient (Wildman–Crippen LogP) is 1.09. The summed E-state index contributed by atoms with van der Waals surface area (Å²) in [4.78, 5) is 135. The largest absolute Gasteiger partial charge is 0.456 e. The Bertz CT molecular complexity index is 2270. The normalized spacial score (nSPS) is 33.1. The Morgan fingerprint density at radius 2 is 1.27 bits per heavy atom. The molecule has 73 heavy (non-hydrogen) atoms. The van der Waals surface area contributed by atoms with Gasteiger partial charge in [-0.05, 0) is 57.1 Å². The first-order valence-corrected chi connectivity index (χ1v) is 28.8. The zero-order valence-electron chi connectivity index (χ0n) is 42.2. The lowest BCUT2D eigenvalue weighted by atomic mass is 10.0. The molecule has 5 rings (SSSR count). The van der Waals surface area contributed by atoms with E-state index < -0.39 is 142 Å². The van der Waals surface area contributed by atoms with Gasteiger partial charge in [-0.2, -0.15) is 11.8 Å². The van der Waals surface area contributed by atoms with Crippen molar-refractivity contribution in [3.8, 4) is 12.3 Å². The molecule has 4 aliphatic heterocycles. The Kier molecular flexibility index (Phi) is 21.7. The Labute approximate surface area is 442 Å². The van der Waals surface area contributed by atoms with Crippen molar-refractivity contribution in [2.45, 2.75) is 163 Å². The quantitative estimate of drug-likeness (QED) is 0.0447. The van der Waals surface area contributed by atoms with Gasteiger partial charge < -0.3 is 52.0 Å². The number of ether oxygens (including phenoxy) is 2. The van der Waals surface area contributed by atoms with Crippen LogP contribution in [0.3, 0.4) is 0 Å². The molecule has 8 N–H and O–H groups in total. The molecule has 4 bridgehead atoms. The summed E-state index contributed by atoms with van der Waals surface area (Å²) >= 11 is 2.67. The maximum Gasteiger partial charge on any atom is 0.333 e. The third-order valence-corrected chi connectivity index (χ3v) is 17.8. The van der Waals surface area contributed by atoms with Gasteiger partial charge in [0.2, 0.25) is 41.4 Å². The summed E-state index contributed by atoms with van der Waals surface area (Å²) < 4.78 is 11.6. The summed E-state index contributed by atoms with van der Waals surface area (Å²) in [6.07, 6.45) is 12.3. The van der Waals surface area contributed by atoms with Crippen molar-refractivity contribution < 1.29 is 57.4 Å². The van der Waals surface area contributed by atoms with Gasteiger partial charge in [0.05, 0.1) is 12.8 Å². The van der Waals surface area contributed by atoms with Gasteiger partial charge in [-0.1, -0.05) is 92.9 Å². The van der Waals surface area contributed by atoms with Crippen LogP contribution < -0.4 is 42.5 Å². The topological polar surface area (TPSA) is 285 Å². The molecule has 0 aromatic heterocycles. The van der Waals surface area contributed by atoms with Gasteiger partial charge >= 0.3 is 11.9 Å². The van der Waals surface area contributed by atoms with Gasteiger partial charge in [-0.3, -0.25) is 38.4 Å². The number of allylic oxidation sites excluding steroid dienone is 3. The number of fused-ring (bicyclic) bond motifs is 5. The summed E-state index contributed by atoms with van der Waals surface area (Å²) in [6, 6.07) is -7.84. The van der Waals surface area contributed by atoms with Crippen LogP contribution in [0.5, 0.6) is 0 Å². The number of thioether (sulfide) groups is 2. The number of hydrogen-bond donors (Lipinski definition) is 8. The number of nitrogens with one attached hydrogen (secondary N) is 8. The highest BCUT2D eigenvalue weighted by Gasteiger charge is 2.65. The Balaban J connectivity index is 1.20. The number of carbonyl (C=O) groups is 10. The van der Waals surface area contributed by atoms with Crippen LogP contribution in [-0.4, -0.2) is 152 Å². The molecule has 1 saturated carbocycles. The van der Waals surface area contributed by atoms with E-state index in [-0.39, 0.29) is 23.3 Å². The lowest BCUT2D eigenvalue weighted by Crippen LogP contribution is -2.61. The Hall–Kier alpha value is -5.12. The van der Waals surface area contributed by atoms with E-state index in [1.54, 1.807) is 107 Å². The van der Waals surface area contributed by atoms with E-state index in [0.29, 0.717) is 36.3 Å². The van der Waals surface area contributed by atoms with Crippen molar-refractivity contribution in [3.63, 3.8) is 0 Å². The molecule has 1 spiro atoms. The highest BCUT2D eigenvalue weighted by atomic mass is 33.1. The zero-order valence-corrected chi connectivity index (χ0v) is 45.5. The van der Waals surface area contributed by atoms with Crippen LogP contribution in [0.15, 0.2) is 36.0 Å². The monoisotopic (exact) mass is 1090 g/mol. The maximum absolute atomic E-state index is 13.8. The molecule has 0 aromatic carbocycles. The van der Waals surface area contributed by atoms with Crippen molar-refractivity contribution in [3.05, 3.63) is 36.0 Å². The first-order chi connectivity index (χ1) is 34.5. The molecule has 5 fully saturated rings. The first kappa shape index (κ1) is 58.8.